The zero-order valence-electron chi connectivity index (χ0n) is 12.3. The number of aromatic carboxylic acids is 1. The minimum absolute atomic E-state index is 0.140. The van der Waals surface area contributed by atoms with E-state index in [0.29, 0.717) is 13.0 Å². The number of carboxylic acids is 1. The molecule has 0 unspecified atom stereocenters. The molecular formula is C14H12F4N2O4. The summed E-state index contributed by atoms with van der Waals surface area (Å²) in [5.41, 5.74) is -4.69. The van der Waals surface area contributed by atoms with Crippen molar-refractivity contribution in [3.8, 4) is 0 Å². The van der Waals surface area contributed by atoms with Crippen LogP contribution in [0.4, 0.5) is 17.6 Å². The number of carbonyl (C=O) groups is 3. The van der Waals surface area contributed by atoms with E-state index in [4.69, 9.17) is 5.11 Å². The molecule has 3 N–H and O–H groups in total. The predicted octanol–water partition coefficient (Wildman–Crippen LogP) is 1.34. The molecule has 0 radical (unpaired) electrons. The van der Waals surface area contributed by atoms with Crippen molar-refractivity contribution in [3.63, 3.8) is 0 Å². The minimum Gasteiger partial charge on any atom is -0.478 e. The number of carbonyl (C=O) groups excluding carboxylic acids is 2. The predicted molar refractivity (Wildman–Crippen MR) is 71.3 cm³/mol. The zero-order valence-corrected chi connectivity index (χ0v) is 12.3. The van der Waals surface area contributed by atoms with Gasteiger partial charge in [-0.1, -0.05) is 0 Å². The standard InChI is InChI=1S/C14H12F4N2O4/c1-14(3-2-4-19-13(14)24)20-11(21)5-6(12(22)23)8(16)10(18)9(17)7(5)15/h2-4H2,1H3,(H,19,24)(H,20,21)(H,22,23)/t14-/m1/s1. The Morgan fingerprint density at radius 1 is 1.08 bits per heavy atom. The third-order valence-corrected chi connectivity index (χ3v) is 3.74. The van der Waals surface area contributed by atoms with E-state index in [1.807, 2.05) is 0 Å². The minimum atomic E-state index is -2.34. The highest BCUT2D eigenvalue weighted by molar-refractivity contribution is 6.07. The van der Waals surface area contributed by atoms with Gasteiger partial charge in [0.25, 0.3) is 5.91 Å². The number of carboxylic acid groups (broad SMARTS) is 1. The summed E-state index contributed by atoms with van der Waals surface area (Å²) in [7, 11) is 0. The fourth-order valence-electron chi connectivity index (χ4n) is 2.43. The molecule has 1 aliphatic heterocycles. The van der Waals surface area contributed by atoms with Gasteiger partial charge in [-0.25, -0.2) is 22.4 Å². The van der Waals surface area contributed by atoms with Crippen LogP contribution in [0.15, 0.2) is 0 Å². The number of hydrogen-bond acceptors (Lipinski definition) is 3. The summed E-state index contributed by atoms with van der Waals surface area (Å²) in [5, 5.41) is 13.4. The summed E-state index contributed by atoms with van der Waals surface area (Å²) in [6.45, 7) is 1.63. The highest BCUT2D eigenvalue weighted by Crippen LogP contribution is 2.26. The third-order valence-electron chi connectivity index (χ3n) is 3.74. The number of halogens is 4. The van der Waals surface area contributed by atoms with Crippen molar-refractivity contribution in [1.29, 1.82) is 0 Å². The highest BCUT2D eigenvalue weighted by Gasteiger charge is 2.40. The van der Waals surface area contributed by atoms with Gasteiger partial charge in [-0.05, 0) is 19.8 Å². The molecule has 0 saturated carbocycles. The molecular weight excluding hydrogens is 336 g/mol. The van der Waals surface area contributed by atoms with Gasteiger partial charge in [0, 0.05) is 6.54 Å². The zero-order chi connectivity index (χ0) is 18.2. The van der Waals surface area contributed by atoms with E-state index in [0.717, 1.165) is 0 Å². The van der Waals surface area contributed by atoms with Crippen LogP contribution in [0.3, 0.4) is 0 Å². The highest BCUT2D eigenvalue weighted by atomic mass is 19.2. The molecule has 1 heterocycles. The largest absolute Gasteiger partial charge is 0.478 e. The average Bonchev–Trinajstić information content (AvgIpc) is 2.51. The fraction of sp³-hybridized carbons (Fsp3) is 0.357. The maximum atomic E-state index is 13.9. The van der Waals surface area contributed by atoms with E-state index < -0.39 is 57.7 Å². The molecule has 10 heteroatoms. The fourth-order valence-corrected chi connectivity index (χ4v) is 2.43. The van der Waals surface area contributed by atoms with Crippen molar-refractivity contribution in [2.24, 2.45) is 0 Å². The van der Waals surface area contributed by atoms with E-state index >= 15 is 0 Å². The van der Waals surface area contributed by atoms with Crippen LogP contribution in [-0.2, 0) is 4.79 Å². The second-order valence-corrected chi connectivity index (χ2v) is 5.46. The van der Waals surface area contributed by atoms with Gasteiger partial charge in [0.2, 0.25) is 5.91 Å². The topological polar surface area (TPSA) is 95.5 Å². The summed E-state index contributed by atoms with van der Waals surface area (Å²) in [4.78, 5) is 35.0. The summed E-state index contributed by atoms with van der Waals surface area (Å²) in [6.07, 6.45) is 0.601. The molecule has 0 aromatic heterocycles. The van der Waals surface area contributed by atoms with Gasteiger partial charge >= 0.3 is 5.97 Å². The van der Waals surface area contributed by atoms with Crippen LogP contribution in [0.25, 0.3) is 0 Å². The van der Waals surface area contributed by atoms with Gasteiger partial charge in [0.1, 0.15) is 11.1 Å². The lowest BCUT2D eigenvalue weighted by Gasteiger charge is -2.33. The lowest BCUT2D eigenvalue weighted by Crippen LogP contribution is -2.59. The first-order valence-electron chi connectivity index (χ1n) is 6.80. The third kappa shape index (κ3) is 2.79. The Kier molecular flexibility index (Phi) is 4.50. The van der Waals surface area contributed by atoms with E-state index in [1.54, 1.807) is 0 Å². The molecule has 24 heavy (non-hydrogen) atoms. The molecule has 0 spiro atoms. The second kappa shape index (κ2) is 6.10. The Morgan fingerprint density at radius 3 is 2.12 bits per heavy atom. The van der Waals surface area contributed by atoms with Crippen molar-refractivity contribution in [1.82, 2.24) is 10.6 Å². The quantitative estimate of drug-likeness (QED) is 0.436. The van der Waals surface area contributed by atoms with Crippen molar-refractivity contribution < 1.29 is 37.1 Å². The SMILES string of the molecule is C[C@@]1(NC(=O)c2c(F)c(F)c(F)c(F)c2C(=O)O)CCCNC1=O. The first-order valence-corrected chi connectivity index (χ1v) is 6.80. The van der Waals surface area contributed by atoms with Crippen molar-refractivity contribution in [2.45, 2.75) is 25.3 Å². The lowest BCUT2D eigenvalue weighted by molar-refractivity contribution is -0.128. The van der Waals surface area contributed by atoms with Crippen molar-refractivity contribution >= 4 is 17.8 Å². The van der Waals surface area contributed by atoms with Gasteiger partial charge < -0.3 is 15.7 Å². The van der Waals surface area contributed by atoms with Crippen LogP contribution in [0, 0.1) is 23.3 Å². The Hall–Kier alpha value is -2.65. The van der Waals surface area contributed by atoms with Crippen LogP contribution in [0.5, 0.6) is 0 Å². The maximum Gasteiger partial charge on any atom is 0.339 e. The van der Waals surface area contributed by atoms with Crippen LogP contribution in [-0.4, -0.2) is 35.0 Å². The van der Waals surface area contributed by atoms with Crippen LogP contribution < -0.4 is 10.6 Å². The van der Waals surface area contributed by atoms with Gasteiger partial charge in [0.15, 0.2) is 23.3 Å². The molecule has 1 atom stereocenters. The van der Waals surface area contributed by atoms with Gasteiger partial charge in [0.05, 0.1) is 5.56 Å². The molecule has 2 amide bonds. The Balaban J connectivity index is 2.53. The van der Waals surface area contributed by atoms with Crippen LogP contribution >= 0.6 is 0 Å². The molecule has 0 bridgehead atoms. The van der Waals surface area contributed by atoms with Crippen molar-refractivity contribution in [2.75, 3.05) is 6.54 Å². The van der Waals surface area contributed by atoms with E-state index in [-0.39, 0.29) is 6.42 Å². The van der Waals surface area contributed by atoms with Gasteiger partial charge in [-0.3, -0.25) is 9.59 Å². The molecule has 1 aromatic rings. The molecule has 0 aliphatic carbocycles. The van der Waals surface area contributed by atoms with Crippen LogP contribution in [0.1, 0.15) is 40.5 Å². The molecule has 6 nitrogen and oxygen atoms in total. The van der Waals surface area contributed by atoms with Gasteiger partial charge in [-0.2, -0.15) is 0 Å². The monoisotopic (exact) mass is 348 g/mol. The number of rotatable bonds is 3. The Bertz CT molecular complexity index is 753. The van der Waals surface area contributed by atoms with Crippen LogP contribution in [0.2, 0.25) is 0 Å². The number of nitrogens with one attached hydrogen (secondary N) is 2. The van der Waals surface area contributed by atoms with E-state index in [2.05, 4.69) is 10.6 Å². The van der Waals surface area contributed by atoms with Crippen molar-refractivity contribution in [3.05, 3.63) is 34.4 Å². The summed E-state index contributed by atoms with van der Waals surface area (Å²) in [5.74, 6) is -13.3. The van der Waals surface area contributed by atoms with E-state index in [9.17, 15) is 31.9 Å². The normalized spacial score (nSPS) is 20.5. The molecule has 1 aliphatic rings. The first kappa shape index (κ1) is 17.7. The molecule has 2 rings (SSSR count). The number of benzene rings is 1. The Morgan fingerprint density at radius 2 is 1.62 bits per heavy atom. The molecule has 1 fully saturated rings. The first-order chi connectivity index (χ1) is 11.1. The Labute approximate surface area is 132 Å². The lowest BCUT2D eigenvalue weighted by atomic mass is 9.90. The number of amides is 2. The summed E-state index contributed by atoms with van der Waals surface area (Å²) in [6, 6.07) is 0. The molecule has 1 saturated heterocycles. The van der Waals surface area contributed by atoms with E-state index in [1.165, 1.54) is 6.92 Å². The summed E-state index contributed by atoms with van der Waals surface area (Å²) >= 11 is 0. The molecule has 130 valence electrons. The number of hydrogen-bond donors (Lipinski definition) is 3. The van der Waals surface area contributed by atoms with Gasteiger partial charge in [-0.15, -0.1) is 0 Å². The average molecular weight is 348 g/mol. The second-order valence-electron chi connectivity index (χ2n) is 5.46. The maximum absolute atomic E-state index is 13.9. The summed E-state index contributed by atoms with van der Waals surface area (Å²) < 4.78 is 54.1. The smallest absolute Gasteiger partial charge is 0.339 e. The molecule has 1 aromatic carbocycles. The number of piperidine rings is 1.